The summed E-state index contributed by atoms with van der Waals surface area (Å²) in [4.78, 5) is 43.7. The fourth-order valence-corrected chi connectivity index (χ4v) is 3.26. The molecule has 8 heteroatoms. The van der Waals surface area contributed by atoms with Crippen molar-refractivity contribution in [1.82, 2.24) is 19.4 Å². The number of amides is 1. The Morgan fingerprint density at radius 2 is 2.04 bits per heavy atom. The molecule has 8 nitrogen and oxygen atoms in total. The fourth-order valence-electron chi connectivity index (χ4n) is 3.26. The van der Waals surface area contributed by atoms with Crippen molar-refractivity contribution in [3.63, 3.8) is 0 Å². The summed E-state index contributed by atoms with van der Waals surface area (Å²) in [7, 11) is 0. The van der Waals surface area contributed by atoms with E-state index < -0.39 is 11.2 Å². The molecule has 2 fully saturated rings. The summed E-state index contributed by atoms with van der Waals surface area (Å²) < 4.78 is 6.58. The maximum absolute atomic E-state index is 12.7. The van der Waals surface area contributed by atoms with E-state index in [9.17, 15) is 14.4 Å². The lowest BCUT2D eigenvalue weighted by Gasteiger charge is -2.33. The van der Waals surface area contributed by atoms with Crippen molar-refractivity contribution in [2.24, 2.45) is 0 Å². The molecule has 2 aliphatic rings. The van der Waals surface area contributed by atoms with Gasteiger partial charge in [-0.3, -0.25) is 14.2 Å². The largest absolute Gasteiger partial charge is 0.376 e. The van der Waals surface area contributed by atoms with Crippen LogP contribution >= 0.6 is 0 Å². The van der Waals surface area contributed by atoms with Crippen LogP contribution in [-0.4, -0.2) is 70.7 Å². The van der Waals surface area contributed by atoms with Crippen LogP contribution in [0.15, 0.2) is 15.8 Å². The number of hydrogen-bond donors (Lipinski definition) is 1. The van der Waals surface area contributed by atoms with Crippen LogP contribution in [0.25, 0.3) is 0 Å². The number of hydrogen-bond acceptors (Lipinski definition) is 5. The van der Waals surface area contributed by atoms with Crippen molar-refractivity contribution in [3.8, 4) is 0 Å². The van der Waals surface area contributed by atoms with Crippen LogP contribution in [0.4, 0.5) is 0 Å². The molecule has 24 heavy (non-hydrogen) atoms. The highest BCUT2D eigenvalue weighted by atomic mass is 16.5. The van der Waals surface area contributed by atoms with Crippen molar-refractivity contribution in [3.05, 3.63) is 32.6 Å². The number of H-pyrrole nitrogens is 1. The third-order valence-electron chi connectivity index (χ3n) is 4.81. The molecule has 0 saturated carbocycles. The van der Waals surface area contributed by atoms with Crippen LogP contribution in [0.1, 0.15) is 30.1 Å². The number of nitrogens with one attached hydrogen (secondary N) is 1. The number of carbonyl (C=O) groups is 1. The Balaban J connectivity index is 1.79. The molecule has 0 aliphatic carbocycles. The molecule has 2 aliphatic heterocycles. The first-order valence-electron chi connectivity index (χ1n) is 8.56. The maximum Gasteiger partial charge on any atom is 0.328 e. The molecule has 0 spiro atoms. The van der Waals surface area contributed by atoms with Gasteiger partial charge in [0.2, 0.25) is 0 Å². The molecular weight excluding hydrogens is 312 g/mol. The Bertz CT molecular complexity index is 697. The van der Waals surface area contributed by atoms with Crippen molar-refractivity contribution in [1.29, 1.82) is 0 Å². The predicted octanol–water partition coefficient (Wildman–Crippen LogP) is -0.507. The number of aromatic amines is 1. The monoisotopic (exact) mass is 336 g/mol. The second-order valence-corrected chi connectivity index (χ2v) is 6.28. The van der Waals surface area contributed by atoms with Gasteiger partial charge in [0, 0.05) is 39.0 Å². The SMILES string of the molecule is CCN1CCN(C(=O)c2c[nH]c(=O)n(CC3CCCO3)c2=O)CC1. The molecule has 1 aromatic heterocycles. The summed E-state index contributed by atoms with van der Waals surface area (Å²) in [5, 5.41) is 0. The second-order valence-electron chi connectivity index (χ2n) is 6.28. The summed E-state index contributed by atoms with van der Waals surface area (Å²) in [6, 6.07) is 0. The average molecular weight is 336 g/mol. The number of ether oxygens (including phenoxy) is 1. The number of likely N-dealkylation sites (N-methyl/N-ethyl adjacent to an activating group) is 1. The molecule has 0 aromatic carbocycles. The van der Waals surface area contributed by atoms with Gasteiger partial charge in [0.15, 0.2) is 0 Å². The first-order chi connectivity index (χ1) is 11.6. The Labute approximate surface area is 140 Å². The lowest BCUT2D eigenvalue weighted by molar-refractivity contribution is 0.0638. The van der Waals surface area contributed by atoms with Crippen LogP contribution in [-0.2, 0) is 11.3 Å². The van der Waals surface area contributed by atoms with Crippen LogP contribution in [0.2, 0.25) is 0 Å². The minimum atomic E-state index is -0.530. The van der Waals surface area contributed by atoms with E-state index in [1.807, 2.05) is 0 Å². The third kappa shape index (κ3) is 3.44. The number of piperazine rings is 1. The van der Waals surface area contributed by atoms with Crippen LogP contribution in [0, 0.1) is 0 Å². The van der Waals surface area contributed by atoms with Gasteiger partial charge in [-0.1, -0.05) is 6.92 Å². The predicted molar refractivity (Wildman–Crippen MR) is 88.3 cm³/mol. The quantitative estimate of drug-likeness (QED) is 0.800. The van der Waals surface area contributed by atoms with Crippen molar-refractivity contribution < 1.29 is 9.53 Å². The average Bonchev–Trinajstić information content (AvgIpc) is 3.11. The lowest BCUT2D eigenvalue weighted by Crippen LogP contribution is -2.50. The smallest absolute Gasteiger partial charge is 0.328 e. The molecule has 1 atom stereocenters. The van der Waals surface area contributed by atoms with E-state index >= 15 is 0 Å². The van der Waals surface area contributed by atoms with E-state index in [1.54, 1.807) is 4.90 Å². The van der Waals surface area contributed by atoms with Gasteiger partial charge in [0.05, 0.1) is 12.6 Å². The zero-order valence-corrected chi connectivity index (χ0v) is 14.0. The van der Waals surface area contributed by atoms with E-state index in [4.69, 9.17) is 4.74 Å². The molecular formula is C16H24N4O4. The topological polar surface area (TPSA) is 87.6 Å². The summed E-state index contributed by atoms with van der Waals surface area (Å²) in [6.07, 6.45) is 2.86. The Morgan fingerprint density at radius 3 is 2.67 bits per heavy atom. The summed E-state index contributed by atoms with van der Waals surface area (Å²) in [5.41, 5.74) is -1.00. The van der Waals surface area contributed by atoms with Gasteiger partial charge in [-0.2, -0.15) is 0 Å². The van der Waals surface area contributed by atoms with Gasteiger partial charge in [0.1, 0.15) is 5.56 Å². The van der Waals surface area contributed by atoms with Gasteiger partial charge in [-0.05, 0) is 19.4 Å². The molecule has 1 unspecified atom stereocenters. The molecule has 0 radical (unpaired) electrons. The minimum absolute atomic E-state index is 0.0255. The van der Waals surface area contributed by atoms with Gasteiger partial charge in [0.25, 0.3) is 11.5 Å². The molecule has 3 heterocycles. The number of rotatable bonds is 4. The molecule has 1 amide bonds. The number of carbonyl (C=O) groups excluding carboxylic acids is 1. The van der Waals surface area contributed by atoms with Gasteiger partial charge < -0.3 is 19.5 Å². The Kier molecular flexibility index (Phi) is 5.15. The Hall–Kier alpha value is -1.93. The summed E-state index contributed by atoms with van der Waals surface area (Å²) >= 11 is 0. The van der Waals surface area contributed by atoms with Crippen LogP contribution in [0.5, 0.6) is 0 Å². The number of nitrogens with zero attached hydrogens (tertiary/aromatic N) is 3. The van der Waals surface area contributed by atoms with Crippen LogP contribution < -0.4 is 11.2 Å². The van der Waals surface area contributed by atoms with Gasteiger partial charge in [-0.25, -0.2) is 4.79 Å². The second kappa shape index (κ2) is 7.31. The minimum Gasteiger partial charge on any atom is -0.376 e. The standard InChI is InChI=1S/C16H24N4O4/c1-2-18-5-7-19(8-6-18)14(21)13-10-17-16(23)20(15(13)22)11-12-4-3-9-24-12/h10,12H,2-9,11H2,1H3,(H,17,23). The zero-order chi connectivity index (χ0) is 17.1. The van der Waals surface area contributed by atoms with Gasteiger partial charge >= 0.3 is 5.69 Å². The molecule has 132 valence electrons. The molecule has 0 bridgehead atoms. The highest BCUT2D eigenvalue weighted by molar-refractivity contribution is 5.93. The molecule has 1 aromatic rings. The van der Waals surface area contributed by atoms with Crippen molar-refractivity contribution in [2.45, 2.75) is 32.4 Å². The van der Waals surface area contributed by atoms with E-state index in [0.29, 0.717) is 19.7 Å². The Morgan fingerprint density at radius 1 is 1.29 bits per heavy atom. The first kappa shape index (κ1) is 16.9. The first-order valence-corrected chi connectivity index (χ1v) is 8.56. The van der Waals surface area contributed by atoms with Gasteiger partial charge in [-0.15, -0.1) is 0 Å². The van der Waals surface area contributed by atoms with Crippen molar-refractivity contribution in [2.75, 3.05) is 39.3 Å². The third-order valence-corrected chi connectivity index (χ3v) is 4.81. The number of aromatic nitrogens is 2. The van der Waals surface area contributed by atoms with E-state index in [0.717, 1.165) is 37.0 Å². The van der Waals surface area contributed by atoms with E-state index in [1.165, 1.54) is 6.20 Å². The summed E-state index contributed by atoms with van der Waals surface area (Å²) in [6.45, 7) is 6.67. The highest BCUT2D eigenvalue weighted by Crippen LogP contribution is 2.12. The zero-order valence-electron chi connectivity index (χ0n) is 14.0. The van der Waals surface area contributed by atoms with E-state index in [2.05, 4.69) is 16.8 Å². The van der Waals surface area contributed by atoms with E-state index in [-0.39, 0.29) is 24.1 Å². The normalized spacial score (nSPS) is 22.0. The highest BCUT2D eigenvalue weighted by Gasteiger charge is 2.25. The summed E-state index contributed by atoms with van der Waals surface area (Å²) in [5.74, 6) is -0.312. The molecule has 1 N–H and O–H groups in total. The lowest BCUT2D eigenvalue weighted by atomic mass is 10.2. The fraction of sp³-hybridized carbons (Fsp3) is 0.688. The molecule has 2 saturated heterocycles. The molecule has 3 rings (SSSR count). The van der Waals surface area contributed by atoms with Crippen molar-refractivity contribution >= 4 is 5.91 Å². The maximum atomic E-state index is 12.7. The van der Waals surface area contributed by atoms with Crippen LogP contribution in [0.3, 0.4) is 0 Å².